The summed E-state index contributed by atoms with van der Waals surface area (Å²) in [6, 6.07) is 9.29. The molecule has 21 heavy (non-hydrogen) atoms. The molecule has 3 nitrogen and oxygen atoms in total. The Morgan fingerprint density at radius 1 is 1.14 bits per heavy atom. The molecule has 0 amide bonds. The highest BCUT2D eigenvalue weighted by Crippen LogP contribution is 2.33. The van der Waals surface area contributed by atoms with E-state index in [1.165, 1.54) is 0 Å². The van der Waals surface area contributed by atoms with Crippen molar-refractivity contribution >= 4 is 0 Å². The van der Waals surface area contributed by atoms with E-state index in [4.69, 9.17) is 0 Å². The van der Waals surface area contributed by atoms with Crippen molar-refractivity contribution in [3.63, 3.8) is 0 Å². The number of hydrogen-bond donors (Lipinski definition) is 2. The zero-order chi connectivity index (χ0) is 15.5. The van der Waals surface area contributed by atoms with Gasteiger partial charge in [-0.05, 0) is 18.4 Å². The Balaban J connectivity index is 1.86. The van der Waals surface area contributed by atoms with Gasteiger partial charge in [0.25, 0.3) is 0 Å². The molecule has 1 fully saturated rings. The number of β-amino-alcohol motifs (C(OH)–C–C–N with tert-alkyl or cyclic N) is 1. The molecule has 2 N–H and O–H groups in total. The number of alkyl halides is 3. The molecule has 1 aromatic rings. The monoisotopic (exact) mass is 303 g/mol. The van der Waals surface area contributed by atoms with E-state index >= 15 is 0 Å². The molecule has 0 aromatic heterocycles. The second-order valence-corrected chi connectivity index (χ2v) is 5.67. The smallest absolute Gasteiger partial charge is 0.391 e. The van der Waals surface area contributed by atoms with Crippen LogP contribution in [0.2, 0.25) is 0 Å². The third-order valence-electron chi connectivity index (χ3n) is 3.93. The molecule has 0 spiro atoms. The third kappa shape index (κ3) is 4.69. The Kier molecular flexibility index (Phi) is 4.91. The number of halogens is 3. The molecule has 0 saturated carbocycles. The summed E-state index contributed by atoms with van der Waals surface area (Å²) < 4.78 is 36.6. The molecule has 1 aliphatic rings. The molecule has 6 heteroatoms. The summed E-state index contributed by atoms with van der Waals surface area (Å²) in [5.41, 5.74) is -0.0901. The molecule has 1 atom stereocenters. The fourth-order valence-electron chi connectivity index (χ4n) is 2.77. The second kappa shape index (κ2) is 6.34. The van der Waals surface area contributed by atoms with E-state index in [-0.39, 0.29) is 6.54 Å². The summed E-state index contributed by atoms with van der Waals surface area (Å²) in [4.78, 5) is 1.77. The van der Waals surface area contributed by atoms with Crippen LogP contribution < -0.4 is 0 Å². The van der Waals surface area contributed by atoms with Crippen LogP contribution in [0.1, 0.15) is 24.8 Å². The maximum Gasteiger partial charge on any atom is 0.391 e. The molecular formula is C15H20F3NO2. The van der Waals surface area contributed by atoms with Crippen molar-refractivity contribution in [2.75, 3.05) is 19.6 Å². The maximum absolute atomic E-state index is 12.2. The number of aliphatic hydroxyl groups excluding tert-OH is 1. The molecule has 1 aliphatic heterocycles. The average Bonchev–Trinajstić information content (AvgIpc) is 2.40. The number of hydrogen-bond acceptors (Lipinski definition) is 3. The lowest BCUT2D eigenvalue weighted by Gasteiger charge is -2.39. The quantitative estimate of drug-likeness (QED) is 0.897. The highest BCUT2D eigenvalue weighted by Gasteiger charge is 2.36. The molecule has 1 saturated heterocycles. The summed E-state index contributed by atoms with van der Waals surface area (Å²) in [5, 5.41) is 20.1. The molecule has 0 aliphatic carbocycles. The Morgan fingerprint density at radius 3 is 2.24 bits per heavy atom. The van der Waals surface area contributed by atoms with Crippen molar-refractivity contribution in [1.29, 1.82) is 0 Å². The molecule has 0 bridgehead atoms. The van der Waals surface area contributed by atoms with Gasteiger partial charge < -0.3 is 15.1 Å². The van der Waals surface area contributed by atoms with Crippen LogP contribution in [-0.4, -0.2) is 47.0 Å². The summed E-state index contributed by atoms with van der Waals surface area (Å²) in [5.74, 6) is 0. The fourth-order valence-corrected chi connectivity index (χ4v) is 2.77. The number of aliphatic hydroxyl groups is 2. The van der Waals surface area contributed by atoms with E-state index in [1.54, 1.807) is 4.90 Å². The Hall–Kier alpha value is -1.11. The zero-order valence-electron chi connectivity index (χ0n) is 11.7. The SMILES string of the molecule is OC(CN1CCC(O)(c2ccccc2)CC1)CC(F)(F)F. The molecule has 1 unspecified atom stereocenters. The second-order valence-electron chi connectivity index (χ2n) is 5.67. The van der Waals surface area contributed by atoms with E-state index < -0.39 is 24.3 Å². The Bertz CT molecular complexity index is 442. The van der Waals surface area contributed by atoms with E-state index in [9.17, 15) is 23.4 Å². The minimum absolute atomic E-state index is 0.00954. The largest absolute Gasteiger partial charge is 0.391 e. The minimum atomic E-state index is -4.35. The third-order valence-corrected chi connectivity index (χ3v) is 3.93. The highest BCUT2D eigenvalue weighted by molar-refractivity contribution is 5.22. The normalized spacial score (nSPS) is 21.2. The van der Waals surface area contributed by atoms with Crippen molar-refractivity contribution in [3.8, 4) is 0 Å². The topological polar surface area (TPSA) is 43.7 Å². The standard InChI is InChI=1S/C15H20F3NO2/c16-15(17,18)10-13(20)11-19-8-6-14(21,7-9-19)12-4-2-1-3-5-12/h1-5,13,20-21H,6-11H2. The number of likely N-dealkylation sites (tertiary alicyclic amines) is 1. The molecular weight excluding hydrogens is 283 g/mol. The first kappa shape index (κ1) is 16.3. The van der Waals surface area contributed by atoms with Crippen molar-refractivity contribution in [2.45, 2.75) is 37.1 Å². The first-order valence-corrected chi connectivity index (χ1v) is 7.04. The van der Waals surface area contributed by atoms with Gasteiger partial charge in [0.05, 0.1) is 18.1 Å². The van der Waals surface area contributed by atoms with Gasteiger partial charge in [0, 0.05) is 19.6 Å². The minimum Gasteiger partial charge on any atom is -0.391 e. The maximum atomic E-state index is 12.2. The zero-order valence-corrected chi connectivity index (χ0v) is 11.7. The Morgan fingerprint density at radius 2 is 1.71 bits per heavy atom. The van der Waals surface area contributed by atoms with Crippen molar-refractivity contribution in [3.05, 3.63) is 35.9 Å². The van der Waals surface area contributed by atoms with Gasteiger partial charge in [-0.3, -0.25) is 0 Å². The predicted octanol–water partition coefficient (Wildman–Crippen LogP) is 2.28. The van der Waals surface area contributed by atoms with Crippen LogP contribution >= 0.6 is 0 Å². The fraction of sp³-hybridized carbons (Fsp3) is 0.600. The summed E-state index contributed by atoms with van der Waals surface area (Å²) >= 11 is 0. The molecule has 2 rings (SSSR count). The van der Waals surface area contributed by atoms with Crippen molar-refractivity contribution in [2.24, 2.45) is 0 Å². The van der Waals surface area contributed by atoms with Crippen LogP contribution in [0, 0.1) is 0 Å². The number of rotatable bonds is 4. The summed E-state index contributed by atoms with van der Waals surface area (Å²) in [7, 11) is 0. The molecule has 1 heterocycles. The van der Waals surface area contributed by atoms with E-state index in [0.29, 0.717) is 25.9 Å². The lowest BCUT2D eigenvalue weighted by molar-refractivity contribution is -0.156. The van der Waals surface area contributed by atoms with Crippen LogP contribution in [0.5, 0.6) is 0 Å². The van der Waals surface area contributed by atoms with Crippen LogP contribution in [0.3, 0.4) is 0 Å². The number of piperidine rings is 1. The molecule has 118 valence electrons. The van der Waals surface area contributed by atoms with Crippen LogP contribution in [0.25, 0.3) is 0 Å². The van der Waals surface area contributed by atoms with Gasteiger partial charge in [-0.1, -0.05) is 30.3 Å². The summed E-state index contributed by atoms with van der Waals surface area (Å²) in [6.07, 6.45) is -6.04. The lowest BCUT2D eigenvalue weighted by atomic mass is 9.84. The first-order chi connectivity index (χ1) is 9.78. The van der Waals surface area contributed by atoms with E-state index in [1.807, 2.05) is 30.3 Å². The Labute approximate surface area is 122 Å². The molecule has 1 aromatic carbocycles. The average molecular weight is 303 g/mol. The van der Waals surface area contributed by atoms with Crippen molar-refractivity contribution < 1.29 is 23.4 Å². The number of benzene rings is 1. The number of nitrogens with zero attached hydrogens (tertiary/aromatic N) is 1. The first-order valence-electron chi connectivity index (χ1n) is 7.04. The summed E-state index contributed by atoms with van der Waals surface area (Å²) in [6.45, 7) is 0.936. The lowest BCUT2D eigenvalue weighted by Crippen LogP contribution is -2.45. The van der Waals surface area contributed by atoms with Crippen LogP contribution in [0.15, 0.2) is 30.3 Å². The van der Waals surface area contributed by atoms with Gasteiger partial charge in [0.1, 0.15) is 0 Å². The molecule has 0 radical (unpaired) electrons. The predicted molar refractivity (Wildman–Crippen MR) is 72.7 cm³/mol. The van der Waals surface area contributed by atoms with Crippen LogP contribution in [0.4, 0.5) is 13.2 Å². The van der Waals surface area contributed by atoms with Gasteiger partial charge in [-0.2, -0.15) is 13.2 Å². The van der Waals surface area contributed by atoms with E-state index in [0.717, 1.165) is 5.56 Å². The van der Waals surface area contributed by atoms with Gasteiger partial charge >= 0.3 is 6.18 Å². The van der Waals surface area contributed by atoms with E-state index in [2.05, 4.69) is 0 Å². The van der Waals surface area contributed by atoms with Gasteiger partial charge in [0.2, 0.25) is 0 Å². The van der Waals surface area contributed by atoms with Gasteiger partial charge in [-0.25, -0.2) is 0 Å². The van der Waals surface area contributed by atoms with Crippen molar-refractivity contribution in [1.82, 2.24) is 4.90 Å². The van der Waals surface area contributed by atoms with Gasteiger partial charge in [0.15, 0.2) is 0 Å². The van der Waals surface area contributed by atoms with Gasteiger partial charge in [-0.15, -0.1) is 0 Å². The highest BCUT2D eigenvalue weighted by atomic mass is 19.4. The van der Waals surface area contributed by atoms with Crippen LogP contribution in [-0.2, 0) is 5.60 Å².